The fraction of sp³-hybridized carbons (Fsp3) is 0. The molecule has 82 valence electrons. The van der Waals surface area contributed by atoms with Crippen molar-refractivity contribution in [3.63, 3.8) is 0 Å². The Balaban J connectivity index is 2.38. The number of hydrogen-bond donors (Lipinski definition) is 0. The van der Waals surface area contributed by atoms with Crippen molar-refractivity contribution in [1.82, 2.24) is 0 Å². The molecular formula is C14H9NOS. The number of carbonyl (C=O) groups excluding carboxylic acids is 1. The van der Waals surface area contributed by atoms with Gasteiger partial charge in [-0.15, -0.1) is 0 Å². The van der Waals surface area contributed by atoms with E-state index in [0.29, 0.717) is 16.8 Å². The highest BCUT2D eigenvalue weighted by Crippen LogP contribution is 2.16. The molecule has 0 bridgehead atoms. The number of isothiocyanates is 1. The zero-order chi connectivity index (χ0) is 12.1. The van der Waals surface area contributed by atoms with Crippen molar-refractivity contribution in [2.45, 2.75) is 0 Å². The third-order valence-electron chi connectivity index (χ3n) is 2.32. The van der Waals surface area contributed by atoms with E-state index < -0.39 is 0 Å². The molecule has 2 aromatic rings. The predicted molar refractivity (Wildman–Crippen MR) is 71.0 cm³/mol. The molecule has 0 unspecified atom stereocenters. The standard InChI is InChI=1S/C14H9NOS/c16-14(11-5-2-1-3-6-11)12-7-4-8-13(9-12)15-10-17/h1-9H. The quantitative estimate of drug-likeness (QED) is 0.465. The first-order valence-corrected chi connectivity index (χ1v) is 5.50. The van der Waals surface area contributed by atoms with Crippen molar-refractivity contribution in [2.24, 2.45) is 4.99 Å². The lowest BCUT2D eigenvalue weighted by Crippen LogP contribution is -2.00. The van der Waals surface area contributed by atoms with Crippen molar-refractivity contribution >= 4 is 28.8 Å². The number of ketones is 1. The van der Waals surface area contributed by atoms with Crippen LogP contribution in [0.5, 0.6) is 0 Å². The number of hydrogen-bond acceptors (Lipinski definition) is 3. The lowest BCUT2D eigenvalue weighted by molar-refractivity contribution is 0.103. The first kappa shape index (κ1) is 11.4. The number of thiocarbonyl (C=S) groups is 1. The number of nitrogens with zero attached hydrogens (tertiary/aromatic N) is 1. The summed E-state index contributed by atoms with van der Waals surface area (Å²) < 4.78 is 0. The maximum atomic E-state index is 12.1. The van der Waals surface area contributed by atoms with Crippen LogP contribution < -0.4 is 0 Å². The van der Waals surface area contributed by atoms with E-state index >= 15 is 0 Å². The smallest absolute Gasteiger partial charge is 0.193 e. The van der Waals surface area contributed by atoms with E-state index in [4.69, 9.17) is 0 Å². The van der Waals surface area contributed by atoms with Crippen LogP contribution in [0.15, 0.2) is 59.6 Å². The average Bonchev–Trinajstić information content (AvgIpc) is 2.40. The summed E-state index contributed by atoms with van der Waals surface area (Å²) in [4.78, 5) is 16.0. The van der Waals surface area contributed by atoms with Crippen molar-refractivity contribution in [3.05, 3.63) is 65.7 Å². The second-order valence-electron chi connectivity index (χ2n) is 3.45. The van der Waals surface area contributed by atoms with Gasteiger partial charge in [-0.25, -0.2) is 0 Å². The third kappa shape index (κ3) is 2.72. The summed E-state index contributed by atoms with van der Waals surface area (Å²) >= 11 is 4.53. The first-order valence-electron chi connectivity index (χ1n) is 5.09. The zero-order valence-electron chi connectivity index (χ0n) is 8.96. The molecule has 0 atom stereocenters. The van der Waals surface area contributed by atoms with Gasteiger partial charge >= 0.3 is 0 Å². The Labute approximate surface area is 105 Å². The maximum Gasteiger partial charge on any atom is 0.193 e. The van der Waals surface area contributed by atoms with Crippen LogP contribution >= 0.6 is 12.2 Å². The number of carbonyl (C=O) groups is 1. The van der Waals surface area contributed by atoms with E-state index in [-0.39, 0.29) is 5.78 Å². The number of benzene rings is 2. The Morgan fingerprint density at radius 3 is 2.41 bits per heavy atom. The topological polar surface area (TPSA) is 29.4 Å². The Bertz CT molecular complexity index is 586. The molecule has 17 heavy (non-hydrogen) atoms. The molecule has 0 fully saturated rings. The van der Waals surface area contributed by atoms with E-state index in [2.05, 4.69) is 22.4 Å². The normalized spacial score (nSPS) is 9.41. The zero-order valence-corrected chi connectivity index (χ0v) is 9.78. The minimum absolute atomic E-state index is 0.0213. The highest BCUT2D eigenvalue weighted by atomic mass is 32.1. The Morgan fingerprint density at radius 1 is 1.00 bits per heavy atom. The summed E-state index contributed by atoms with van der Waals surface area (Å²) in [7, 11) is 0. The highest BCUT2D eigenvalue weighted by molar-refractivity contribution is 7.78. The lowest BCUT2D eigenvalue weighted by Gasteiger charge is -2.01. The van der Waals surface area contributed by atoms with Gasteiger partial charge in [0.25, 0.3) is 0 Å². The molecule has 0 radical (unpaired) electrons. The van der Waals surface area contributed by atoms with Crippen molar-refractivity contribution in [1.29, 1.82) is 0 Å². The molecule has 0 aliphatic rings. The Hall–Kier alpha value is -2.09. The van der Waals surface area contributed by atoms with Gasteiger partial charge in [0.15, 0.2) is 5.78 Å². The van der Waals surface area contributed by atoms with Gasteiger partial charge < -0.3 is 0 Å². The van der Waals surface area contributed by atoms with Crippen LogP contribution in [-0.4, -0.2) is 10.9 Å². The second kappa shape index (κ2) is 5.30. The lowest BCUT2D eigenvalue weighted by atomic mass is 10.0. The van der Waals surface area contributed by atoms with Gasteiger partial charge in [0, 0.05) is 11.1 Å². The molecule has 2 rings (SSSR count). The van der Waals surface area contributed by atoms with Gasteiger partial charge in [0.05, 0.1) is 10.8 Å². The van der Waals surface area contributed by atoms with Gasteiger partial charge in [-0.1, -0.05) is 42.5 Å². The predicted octanol–water partition coefficient (Wildman–Crippen LogP) is 3.65. The molecule has 0 amide bonds. The van der Waals surface area contributed by atoms with Crippen LogP contribution in [0.3, 0.4) is 0 Å². The van der Waals surface area contributed by atoms with E-state index in [0.717, 1.165) is 0 Å². The van der Waals surface area contributed by atoms with Crippen molar-refractivity contribution in [3.8, 4) is 0 Å². The molecule has 3 heteroatoms. The molecular weight excluding hydrogens is 230 g/mol. The van der Waals surface area contributed by atoms with Crippen LogP contribution in [0.25, 0.3) is 0 Å². The van der Waals surface area contributed by atoms with Gasteiger partial charge in [-0.3, -0.25) is 4.79 Å². The van der Waals surface area contributed by atoms with E-state index in [1.165, 1.54) is 0 Å². The largest absolute Gasteiger partial charge is 0.289 e. The van der Waals surface area contributed by atoms with Crippen molar-refractivity contribution in [2.75, 3.05) is 0 Å². The van der Waals surface area contributed by atoms with Crippen LogP contribution in [0.4, 0.5) is 5.69 Å². The summed E-state index contributed by atoms with van der Waals surface area (Å²) in [6.45, 7) is 0. The van der Waals surface area contributed by atoms with E-state index in [1.807, 2.05) is 18.2 Å². The summed E-state index contributed by atoms with van der Waals surface area (Å²) in [5, 5.41) is 2.29. The summed E-state index contributed by atoms with van der Waals surface area (Å²) in [5.41, 5.74) is 1.90. The average molecular weight is 239 g/mol. The molecule has 0 saturated heterocycles. The summed E-state index contributed by atoms with van der Waals surface area (Å²) in [5.74, 6) is -0.0213. The fourth-order valence-electron chi connectivity index (χ4n) is 1.53. The van der Waals surface area contributed by atoms with Crippen LogP contribution in [0.2, 0.25) is 0 Å². The van der Waals surface area contributed by atoms with Gasteiger partial charge in [0.2, 0.25) is 0 Å². The Morgan fingerprint density at radius 2 is 1.71 bits per heavy atom. The molecule has 2 aromatic carbocycles. The van der Waals surface area contributed by atoms with Crippen LogP contribution in [0.1, 0.15) is 15.9 Å². The second-order valence-corrected chi connectivity index (χ2v) is 3.63. The van der Waals surface area contributed by atoms with Gasteiger partial charge in [-0.05, 0) is 24.4 Å². The SMILES string of the molecule is O=C(c1ccccc1)c1cccc(N=C=S)c1. The number of rotatable bonds is 3. The molecule has 2 nitrogen and oxygen atoms in total. The fourth-order valence-corrected chi connectivity index (χ4v) is 1.63. The molecule has 0 aliphatic heterocycles. The van der Waals surface area contributed by atoms with Gasteiger partial charge in [-0.2, -0.15) is 4.99 Å². The molecule has 0 saturated carbocycles. The minimum Gasteiger partial charge on any atom is -0.289 e. The van der Waals surface area contributed by atoms with E-state index in [9.17, 15) is 4.79 Å². The van der Waals surface area contributed by atoms with Gasteiger partial charge in [0.1, 0.15) is 0 Å². The third-order valence-corrected chi connectivity index (χ3v) is 2.41. The summed E-state index contributed by atoms with van der Waals surface area (Å²) in [6, 6.07) is 16.2. The highest BCUT2D eigenvalue weighted by Gasteiger charge is 2.08. The molecule has 0 heterocycles. The monoisotopic (exact) mass is 239 g/mol. The first-order chi connectivity index (χ1) is 8.31. The van der Waals surface area contributed by atoms with E-state index in [1.54, 1.807) is 36.4 Å². The van der Waals surface area contributed by atoms with Crippen LogP contribution in [-0.2, 0) is 0 Å². The van der Waals surface area contributed by atoms with Crippen LogP contribution in [0, 0.1) is 0 Å². The maximum absolute atomic E-state index is 12.1. The summed E-state index contributed by atoms with van der Waals surface area (Å²) in [6.07, 6.45) is 0. The van der Waals surface area contributed by atoms with Crippen molar-refractivity contribution < 1.29 is 4.79 Å². The molecule has 0 N–H and O–H groups in total. The number of aliphatic imine (C=N–C) groups is 1. The molecule has 0 spiro atoms. The minimum atomic E-state index is -0.0213. The Kier molecular flexibility index (Phi) is 3.55. The molecule has 0 aromatic heterocycles. The molecule has 0 aliphatic carbocycles.